The van der Waals surface area contributed by atoms with E-state index >= 15 is 0 Å². The number of thioether (sulfide) groups is 1. The minimum absolute atomic E-state index is 0.0923. The molecule has 1 amide bonds. The van der Waals surface area contributed by atoms with Crippen LogP contribution in [0.2, 0.25) is 10.0 Å². The van der Waals surface area contributed by atoms with Crippen molar-refractivity contribution < 1.29 is 4.79 Å². The molecular weight excluding hydrogens is 469 g/mol. The van der Waals surface area contributed by atoms with E-state index in [-0.39, 0.29) is 23.3 Å². The van der Waals surface area contributed by atoms with E-state index in [0.717, 1.165) is 12.0 Å². The van der Waals surface area contributed by atoms with Crippen LogP contribution < -0.4 is 10.9 Å². The molecular formula is C22H21Cl2N5O2S. The number of halogens is 2. The molecule has 0 fully saturated rings. The second-order valence-corrected chi connectivity index (χ2v) is 9.12. The zero-order valence-electron chi connectivity index (χ0n) is 17.5. The molecule has 2 heterocycles. The highest BCUT2D eigenvalue weighted by Gasteiger charge is 2.18. The van der Waals surface area contributed by atoms with Crippen molar-refractivity contribution in [1.29, 1.82) is 0 Å². The van der Waals surface area contributed by atoms with Gasteiger partial charge in [0.2, 0.25) is 11.7 Å². The van der Waals surface area contributed by atoms with E-state index in [1.807, 2.05) is 36.4 Å². The first kappa shape index (κ1) is 22.6. The molecule has 1 N–H and O–H groups in total. The number of nitrogens with zero attached hydrogens (tertiary/aromatic N) is 4. The molecule has 0 aliphatic heterocycles. The molecule has 2 aromatic carbocycles. The normalized spacial score (nSPS) is 12.4. The van der Waals surface area contributed by atoms with Crippen LogP contribution in [0, 0.1) is 0 Å². The van der Waals surface area contributed by atoms with Gasteiger partial charge in [0, 0.05) is 16.6 Å². The molecule has 4 rings (SSSR count). The molecule has 0 bridgehead atoms. The summed E-state index contributed by atoms with van der Waals surface area (Å²) in [6.07, 6.45) is 0.788. The second-order valence-electron chi connectivity index (χ2n) is 7.34. The fraction of sp³-hybridized carbons (Fsp3) is 0.273. The number of hydrogen-bond donors (Lipinski definition) is 1. The Labute approximate surface area is 198 Å². The lowest BCUT2D eigenvalue weighted by Gasteiger charge is -2.16. The van der Waals surface area contributed by atoms with Crippen LogP contribution in [0.4, 0.5) is 0 Å². The molecule has 32 heavy (non-hydrogen) atoms. The SMILES string of the molecule is CCCn1c(=O)c2ccccc2n2c(SCC(=O)NC(C)c3ccc(Cl)cc3Cl)nnc12. The quantitative estimate of drug-likeness (QED) is 0.379. The summed E-state index contributed by atoms with van der Waals surface area (Å²) in [6, 6.07) is 12.3. The predicted molar refractivity (Wildman–Crippen MR) is 129 cm³/mol. The van der Waals surface area contributed by atoms with Crippen molar-refractivity contribution in [2.75, 3.05) is 5.75 Å². The molecule has 0 radical (unpaired) electrons. The lowest BCUT2D eigenvalue weighted by atomic mass is 10.1. The third kappa shape index (κ3) is 4.35. The van der Waals surface area contributed by atoms with E-state index < -0.39 is 0 Å². The van der Waals surface area contributed by atoms with Gasteiger partial charge in [0.25, 0.3) is 5.56 Å². The second kappa shape index (κ2) is 9.52. The van der Waals surface area contributed by atoms with Gasteiger partial charge in [-0.1, -0.05) is 60.1 Å². The highest BCUT2D eigenvalue weighted by Crippen LogP contribution is 2.26. The number of aryl methyl sites for hydroxylation is 1. The van der Waals surface area contributed by atoms with Crippen molar-refractivity contribution >= 4 is 57.6 Å². The summed E-state index contributed by atoms with van der Waals surface area (Å²) < 4.78 is 3.47. The van der Waals surface area contributed by atoms with Gasteiger partial charge in [-0.25, -0.2) is 0 Å². The summed E-state index contributed by atoms with van der Waals surface area (Å²) >= 11 is 13.5. The Balaban J connectivity index is 1.58. The molecule has 2 aromatic heterocycles. The molecule has 0 saturated carbocycles. The molecule has 10 heteroatoms. The summed E-state index contributed by atoms with van der Waals surface area (Å²) in [6.45, 7) is 4.40. The van der Waals surface area contributed by atoms with Gasteiger partial charge in [-0.05, 0) is 43.2 Å². The maximum Gasteiger partial charge on any atom is 0.262 e. The molecule has 7 nitrogen and oxygen atoms in total. The van der Waals surface area contributed by atoms with Crippen molar-refractivity contribution in [3.8, 4) is 0 Å². The smallest absolute Gasteiger partial charge is 0.262 e. The van der Waals surface area contributed by atoms with Crippen LogP contribution in [0.5, 0.6) is 0 Å². The van der Waals surface area contributed by atoms with Gasteiger partial charge >= 0.3 is 0 Å². The van der Waals surface area contributed by atoms with Crippen molar-refractivity contribution in [3.05, 3.63) is 68.4 Å². The lowest BCUT2D eigenvalue weighted by molar-refractivity contribution is -0.119. The summed E-state index contributed by atoms with van der Waals surface area (Å²) in [4.78, 5) is 25.5. The Morgan fingerprint density at radius 2 is 1.97 bits per heavy atom. The van der Waals surface area contributed by atoms with E-state index in [1.165, 1.54) is 11.8 Å². The van der Waals surface area contributed by atoms with Crippen LogP contribution in [0.25, 0.3) is 16.7 Å². The van der Waals surface area contributed by atoms with Gasteiger partial charge in [0.05, 0.1) is 22.7 Å². The van der Waals surface area contributed by atoms with E-state index in [1.54, 1.807) is 28.8 Å². The summed E-state index contributed by atoms with van der Waals surface area (Å²) in [5.74, 6) is 0.439. The van der Waals surface area contributed by atoms with Gasteiger partial charge in [0.1, 0.15) is 0 Å². The predicted octanol–water partition coefficient (Wildman–Crippen LogP) is 4.73. The number of hydrogen-bond acceptors (Lipinski definition) is 5. The Kier molecular flexibility index (Phi) is 6.74. The van der Waals surface area contributed by atoms with Gasteiger partial charge in [-0.15, -0.1) is 10.2 Å². The number of para-hydroxylation sites is 1. The van der Waals surface area contributed by atoms with Gasteiger partial charge in [-0.2, -0.15) is 0 Å². The number of nitrogens with one attached hydrogen (secondary N) is 1. The third-order valence-electron chi connectivity index (χ3n) is 5.06. The molecule has 166 valence electrons. The number of aromatic nitrogens is 4. The first-order valence-corrected chi connectivity index (χ1v) is 11.9. The molecule has 0 spiro atoms. The number of carbonyl (C=O) groups is 1. The fourth-order valence-corrected chi connectivity index (χ4v) is 4.92. The summed E-state index contributed by atoms with van der Waals surface area (Å²) in [5.41, 5.74) is 1.41. The first-order chi connectivity index (χ1) is 15.4. The first-order valence-electron chi connectivity index (χ1n) is 10.1. The van der Waals surface area contributed by atoms with Crippen LogP contribution in [-0.2, 0) is 11.3 Å². The lowest BCUT2D eigenvalue weighted by Crippen LogP contribution is -2.28. The zero-order valence-corrected chi connectivity index (χ0v) is 19.8. The Morgan fingerprint density at radius 3 is 2.72 bits per heavy atom. The molecule has 0 aliphatic carbocycles. The van der Waals surface area contributed by atoms with Gasteiger partial charge in [0.15, 0.2) is 5.16 Å². The fourth-order valence-electron chi connectivity index (χ4n) is 3.60. The molecule has 0 saturated heterocycles. The van der Waals surface area contributed by atoms with Crippen molar-refractivity contribution in [2.45, 2.75) is 38.0 Å². The van der Waals surface area contributed by atoms with Gasteiger partial charge in [-0.3, -0.25) is 18.6 Å². The number of benzene rings is 2. The van der Waals surface area contributed by atoms with Gasteiger partial charge < -0.3 is 5.32 Å². The Morgan fingerprint density at radius 1 is 1.19 bits per heavy atom. The van der Waals surface area contributed by atoms with E-state index in [0.29, 0.717) is 38.4 Å². The number of rotatable bonds is 7. The van der Waals surface area contributed by atoms with Crippen LogP contribution >= 0.6 is 35.0 Å². The highest BCUT2D eigenvalue weighted by atomic mass is 35.5. The monoisotopic (exact) mass is 489 g/mol. The van der Waals surface area contributed by atoms with Crippen LogP contribution in [-0.4, -0.2) is 30.8 Å². The maximum atomic E-state index is 12.9. The molecule has 1 atom stereocenters. The molecule has 4 aromatic rings. The maximum absolute atomic E-state index is 12.9. The van der Waals surface area contributed by atoms with Crippen molar-refractivity contribution in [1.82, 2.24) is 24.5 Å². The van der Waals surface area contributed by atoms with Crippen molar-refractivity contribution in [2.24, 2.45) is 0 Å². The Bertz CT molecular complexity index is 1370. The average Bonchev–Trinajstić information content (AvgIpc) is 3.19. The summed E-state index contributed by atoms with van der Waals surface area (Å²) in [7, 11) is 0. The summed E-state index contributed by atoms with van der Waals surface area (Å²) in [5, 5.41) is 13.6. The third-order valence-corrected chi connectivity index (χ3v) is 6.56. The van der Waals surface area contributed by atoms with Crippen LogP contribution in [0.3, 0.4) is 0 Å². The van der Waals surface area contributed by atoms with E-state index in [4.69, 9.17) is 23.2 Å². The standard InChI is InChI=1S/C22H21Cl2N5O2S/c1-3-10-28-20(31)16-6-4-5-7-18(16)29-21(28)26-27-22(29)32-12-19(30)25-13(2)15-9-8-14(23)11-17(15)24/h4-9,11,13H,3,10,12H2,1-2H3,(H,25,30). The van der Waals surface area contributed by atoms with Crippen LogP contribution in [0.15, 0.2) is 52.4 Å². The van der Waals surface area contributed by atoms with Crippen molar-refractivity contribution in [3.63, 3.8) is 0 Å². The minimum atomic E-state index is -0.279. The highest BCUT2D eigenvalue weighted by molar-refractivity contribution is 7.99. The molecule has 1 unspecified atom stereocenters. The minimum Gasteiger partial charge on any atom is -0.349 e. The number of fused-ring (bicyclic) bond motifs is 3. The Hall–Kier alpha value is -2.55. The largest absolute Gasteiger partial charge is 0.349 e. The van der Waals surface area contributed by atoms with Crippen LogP contribution in [0.1, 0.15) is 31.9 Å². The van der Waals surface area contributed by atoms with E-state index in [9.17, 15) is 9.59 Å². The van der Waals surface area contributed by atoms with E-state index in [2.05, 4.69) is 15.5 Å². The number of amides is 1. The zero-order chi connectivity index (χ0) is 22.8. The topological polar surface area (TPSA) is 81.3 Å². The molecule has 0 aliphatic rings. The number of carbonyl (C=O) groups excluding carboxylic acids is 1. The average molecular weight is 490 g/mol.